The molecule has 0 aromatic heterocycles. The first-order valence-electron chi connectivity index (χ1n) is 5.78. The smallest absolute Gasteiger partial charge is 0.265 e. The summed E-state index contributed by atoms with van der Waals surface area (Å²) in [5.41, 5.74) is 6.15. The molecular formula is C12H16N4O. The molecule has 2 aliphatic heterocycles. The van der Waals surface area contributed by atoms with Crippen LogP contribution in [-0.2, 0) is 4.79 Å². The summed E-state index contributed by atoms with van der Waals surface area (Å²) in [6.45, 7) is 2.92. The molecule has 1 fully saturated rings. The Morgan fingerprint density at radius 1 is 1.29 bits per heavy atom. The zero-order chi connectivity index (χ0) is 12.1. The molecule has 0 aliphatic carbocycles. The fraction of sp³-hybridized carbons (Fsp3) is 0.417. The number of carbonyl (C=O) groups excluding carboxylic acids is 1. The topological polar surface area (TPSA) is 79.2 Å². The number of hydrogen-bond acceptors (Lipinski definition) is 4. The van der Waals surface area contributed by atoms with Crippen molar-refractivity contribution in [3.8, 4) is 0 Å². The van der Waals surface area contributed by atoms with Gasteiger partial charge in [-0.05, 0) is 32.0 Å². The Balaban J connectivity index is 2.04. The van der Waals surface area contributed by atoms with Gasteiger partial charge in [0, 0.05) is 0 Å². The van der Waals surface area contributed by atoms with Crippen LogP contribution in [0.3, 0.4) is 0 Å². The van der Waals surface area contributed by atoms with Crippen LogP contribution < -0.4 is 21.7 Å². The third-order valence-electron chi connectivity index (χ3n) is 3.91. The number of amides is 1. The molecule has 5 nitrogen and oxygen atoms in total. The van der Waals surface area contributed by atoms with E-state index in [1.165, 1.54) is 0 Å². The van der Waals surface area contributed by atoms with Gasteiger partial charge in [-0.3, -0.25) is 4.79 Å². The average Bonchev–Trinajstić information content (AvgIpc) is 2.66. The van der Waals surface area contributed by atoms with Crippen LogP contribution in [0.4, 0.5) is 11.4 Å². The standard InChI is InChI=1S/C12H16N4O/c1-11(6-7-14-11)12(10(13)17)15-8-4-2-3-5-9(8)16-12/h2-5,14-16H,6-7H2,1H3,(H2,13,17). The number of fused-ring (bicyclic) bond motifs is 1. The summed E-state index contributed by atoms with van der Waals surface area (Å²) in [5, 5.41) is 9.78. The normalized spacial score (nSPS) is 28.5. The van der Waals surface area contributed by atoms with Crippen molar-refractivity contribution in [1.82, 2.24) is 5.32 Å². The Bertz CT molecular complexity index is 456. The maximum absolute atomic E-state index is 11.9. The summed E-state index contributed by atoms with van der Waals surface area (Å²) < 4.78 is 0. The van der Waals surface area contributed by atoms with Gasteiger partial charge in [-0.25, -0.2) is 0 Å². The molecule has 0 saturated carbocycles. The van der Waals surface area contributed by atoms with Crippen LogP contribution in [0.5, 0.6) is 0 Å². The Morgan fingerprint density at radius 2 is 1.82 bits per heavy atom. The highest BCUT2D eigenvalue weighted by atomic mass is 16.2. The van der Waals surface area contributed by atoms with Gasteiger partial charge in [0.25, 0.3) is 5.91 Å². The van der Waals surface area contributed by atoms with Crippen molar-refractivity contribution in [2.45, 2.75) is 24.5 Å². The highest BCUT2D eigenvalue weighted by Gasteiger charge is 2.58. The van der Waals surface area contributed by atoms with E-state index < -0.39 is 5.66 Å². The van der Waals surface area contributed by atoms with Gasteiger partial charge >= 0.3 is 0 Å². The fourth-order valence-electron chi connectivity index (χ4n) is 2.63. The molecule has 90 valence electrons. The number of anilines is 2. The molecule has 1 aromatic rings. The lowest BCUT2D eigenvalue weighted by Gasteiger charge is -2.51. The maximum Gasteiger partial charge on any atom is 0.265 e. The van der Waals surface area contributed by atoms with E-state index in [0.29, 0.717) is 0 Å². The summed E-state index contributed by atoms with van der Waals surface area (Å²) >= 11 is 0. The number of hydrogen-bond donors (Lipinski definition) is 4. The number of nitrogens with two attached hydrogens (primary N) is 1. The SMILES string of the molecule is CC1(C2(C(N)=O)Nc3ccccc3N2)CCN1. The van der Waals surface area contributed by atoms with Crippen molar-refractivity contribution in [2.24, 2.45) is 5.73 Å². The van der Waals surface area contributed by atoms with E-state index >= 15 is 0 Å². The minimum Gasteiger partial charge on any atom is -0.366 e. The van der Waals surface area contributed by atoms with E-state index in [2.05, 4.69) is 16.0 Å². The molecule has 1 amide bonds. The molecule has 2 aliphatic rings. The minimum absolute atomic E-state index is 0.349. The Kier molecular flexibility index (Phi) is 1.92. The molecular weight excluding hydrogens is 216 g/mol. The molecule has 3 rings (SSSR count). The zero-order valence-electron chi connectivity index (χ0n) is 9.71. The van der Waals surface area contributed by atoms with Crippen LogP contribution in [0, 0.1) is 0 Å². The van der Waals surface area contributed by atoms with E-state index in [-0.39, 0.29) is 11.4 Å². The Hall–Kier alpha value is -1.75. The Morgan fingerprint density at radius 3 is 2.18 bits per heavy atom. The number of primary amides is 1. The number of rotatable bonds is 2. The largest absolute Gasteiger partial charge is 0.366 e. The first-order chi connectivity index (χ1) is 8.07. The van der Waals surface area contributed by atoms with Gasteiger partial charge in [-0.2, -0.15) is 0 Å². The molecule has 1 aromatic carbocycles. The lowest BCUT2D eigenvalue weighted by molar-refractivity contribution is -0.124. The van der Waals surface area contributed by atoms with Gasteiger partial charge in [-0.15, -0.1) is 0 Å². The van der Waals surface area contributed by atoms with Crippen molar-refractivity contribution in [2.75, 3.05) is 17.2 Å². The van der Waals surface area contributed by atoms with Crippen LogP contribution in [0.1, 0.15) is 13.3 Å². The lowest BCUT2D eigenvalue weighted by atomic mass is 9.77. The van der Waals surface area contributed by atoms with Crippen molar-refractivity contribution < 1.29 is 4.79 Å². The summed E-state index contributed by atoms with van der Waals surface area (Å²) in [5.74, 6) is -0.386. The number of para-hydroxylation sites is 2. The first-order valence-corrected chi connectivity index (χ1v) is 5.78. The molecule has 5 heteroatoms. The second kappa shape index (κ2) is 3.13. The molecule has 1 unspecified atom stereocenters. The molecule has 0 spiro atoms. The summed E-state index contributed by atoms with van der Waals surface area (Å²) in [6, 6.07) is 7.74. The fourth-order valence-corrected chi connectivity index (χ4v) is 2.63. The molecule has 0 radical (unpaired) electrons. The van der Waals surface area contributed by atoms with E-state index in [0.717, 1.165) is 24.3 Å². The van der Waals surface area contributed by atoms with Crippen LogP contribution in [-0.4, -0.2) is 23.7 Å². The lowest BCUT2D eigenvalue weighted by Crippen LogP contribution is -2.77. The van der Waals surface area contributed by atoms with Gasteiger partial charge in [-0.1, -0.05) is 12.1 Å². The third kappa shape index (κ3) is 1.20. The number of nitrogens with one attached hydrogen (secondary N) is 3. The highest BCUT2D eigenvalue weighted by molar-refractivity contribution is 5.98. The van der Waals surface area contributed by atoms with Crippen LogP contribution in [0.2, 0.25) is 0 Å². The van der Waals surface area contributed by atoms with Crippen LogP contribution in [0.25, 0.3) is 0 Å². The van der Waals surface area contributed by atoms with Crippen molar-refractivity contribution in [1.29, 1.82) is 0 Å². The molecule has 2 heterocycles. The number of benzene rings is 1. The van der Waals surface area contributed by atoms with E-state index in [9.17, 15) is 4.79 Å². The minimum atomic E-state index is -0.936. The number of carbonyl (C=O) groups is 1. The molecule has 1 saturated heterocycles. The predicted molar refractivity (Wildman–Crippen MR) is 66.6 cm³/mol. The summed E-state index contributed by atoms with van der Waals surface area (Å²) in [4.78, 5) is 11.9. The van der Waals surface area contributed by atoms with E-state index in [4.69, 9.17) is 5.73 Å². The predicted octanol–water partition coefficient (Wildman–Crippen LogP) is 0.458. The summed E-state index contributed by atoms with van der Waals surface area (Å²) in [7, 11) is 0. The Labute approximate surface area is 99.8 Å². The van der Waals surface area contributed by atoms with Crippen LogP contribution >= 0.6 is 0 Å². The average molecular weight is 232 g/mol. The van der Waals surface area contributed by atoms with Gasteiger partial charge < -0.3 is 21.7 Å². The van der Waals surface area contributed by atoms with Gasteiger partial charge in [0.2, 0.25) is 5.66 Å². The van der Waals surface area contributed by atoms with Crippen LogP contribution in [0.15, 0.2) is 24.3 Å². The highest BCUT2D eigenvalue weighted by Crippen LogP contribution is 2.42. The maximum atomic E-state index is 11.9. The first kappa shape index (κ1) is 10.4. The van der Waals surface area contributed by atoms with Crippen molar-refractivity contribution in [3.63, 3.8) is 0 Å². The van der Waals surface area contributed by atoms with Gasteiger partial charge in [0.05, 0.1) is 16.9 Å². The molecule has 17 heavy (non-hydrogen) atoms. The molecule has 0 bridgehead atoms. The van der Waals surface area contributed by atoms with Gasteiger partial charge in [0.15, 0.2) is 0 Å². The second-order valence-electron chi connectivity index (χ2n) is 4.92. The molecule has 1 atom stereocenters. The zero-order valence-corrected chi connectivity index (χ0v) is 9.71. The van der Waals surface area contributed by atoms with E-state index in [1.807, 2.05) is 31.2 Å². The van der Waals surface area contributed by atoms with Gasteiger partial charge in [0.1, 0.15) is 0 Å². The summed E-state index contributed by atoms with van der Waals surface area (Å²) in [6.07, 6.45) is 0.907. The molecule has 5 N–H and O–H groups in total. The van der Waals surface area contributed by atoms with E-state index in [1.54, 1.807) is 0 Å². The quantitative estimate of drug-likeness (QED) is 0.597. The monoisotopic (exact) mass is 232 g/mol. The van der Waals surface area contributed by atoms with Crippen molar-refractivity contribution in [3.05, 3.63) is 24.3 Å². The second-order valence-corrected chi connectivity index (χ2v) is 4.92. The van der Waals surface area contributed by atoms with Crippen molar-refractivity contribution >= 4 is 17.3 Å². The third-order valence-corrected chi connectivity index (χ3v) is 3.91.